The summed E-state index contributed by atoms with van der Waals surface area (Å²) < 4.78 is 13.3. The molecule has 25 heavy (non-hydrogen) atoms. The maximum Gasteiger partial charge on any atom is 0.227 e. The molecule has 6 heteroatoms. The van der Waals surface area contributed by atoms with Gasteiger partial charge in [0, 0.05) is 25.2 Å². The van der Waals surface area contributed by atoms with Crippen molar-refractivity contribution in [2.75, 3.05) is 13.7 Å². The summed E-state index contributed by atoms with van der Waals surface area (Å²) in [6.07, 6.45) is 4.57. The largest absolute Gasteiger partial charge is 0.493 e. The van der Waals surface area contributed by atoms with E-state index in [0.29, 0.717) is 13.0 Å². The van der Waals surface area contributed by atoms with Gasteiger partial charge in [-0.1, -0.05) is 12.1 Å². The Kier molecular flexibility index (Phi) is 4.11. The fourth-order valence-electron chi connectivity index (χ4n) is 3.75. The number of hydrogen-bond donors (Lipinski definition) is 1. The molecule has 4 rings (SSSR count). The molecule has 0 saturated carbocycles. The van der Waals surface area contributed by atoms with Crippen LogP contribution < -0.4 is 14.8 Å². The summed E-state index contributed by atoms with van der Waals surface area (Å²) >= 11 is 0. The Morgan fingerprint density at radius 2 is 2.32 bits per heavy atom. The second-order valence-corrected chi connectivity index (χ2v) is 6.86. The number of aromatic nitrogens is 2. The van der Waals surface area contributed by atoms with Crippen LogP contribution in [0.3, 0.4) is 0 Å². The molecule has 3 heterocycles. The van der Waals surface area contributed by atoms with Gasteiger partial charge in [-0.15, -0.1) is 0 Å². The standard InChI is InChI=1S/C19H23N3O3/c1-12-9-22-10-15(6-7-17(22)20-12)21-19(23)14-8-13-4-3-5-16(24-2)18(13)25-11-14/h3-5,9,14-15H,6-8,10-11H2,1-2H3,(H,21,23)/t14-,15+/m0/s1. The molecule has 0 aliphatic carbocycles. The zero-order valence-corrected chi connectivity index (χ0v) is 14.6. The van der Waals surface area contributed by atoms with Crippen LogP contribution in [0.5, 0.6) is 11.5 Å². The predicted molar refractivity (Wildman–Crippen MR) is 92.9 cm³/mol. The second-order valence-electron chi connectivity index (χ2n) is 6.86. The van der Waals surface area contributed by atoms with Gasteiger partial charge in [-0.25, -0.2) is 4.98 Å². The number of hydrogen-bond acceptors (Lipinski definition) is 4. The number of para-hydroxylation sites is 1. The normalized spacial score (nSPS) is 21.7. The number of methoxy groups -OCH3 is 1. The van der Waals surface area contributed by atoms with Gasteiger partial charge < -0.3 is 19.4 Å². The van der Waals surface area contributed by atoms with Crippen LogP contribution in [-0.4, -0.2) is 35.2 Å². The summed E-state index contributed by atoms with van der Waals surface area (Å²) in [5.41, 5.74) is 2.06. The number of rotatable bonds is 3. The van der Waals surface area contributed by atoms with E-state index in [1.807, 2.05) is 25.1 Å². The zero-order chi connectivity index (χ0) is 17.4. The van der Waals surface area contributed by atoms with E-state index in [4.69, 9.17) is 9.47 Å². The number of amides is 1. The molecule has 2 atom stereocenters. The first-order valence-electron chi connectivity index (χ1n) is 8.75. The number of aryl methyl sites for hydroxylation is 2. The number of fused-ring (bicyclic) bond motifs is 2. The minimum absolute atomic E-state index is 0.0683. The lowest BCUT2D eigenvalue weighted by Gasteiger charge is -2.29. The van der Waals surface area contributed by atoms with Crippen molar-refractivity contribution >= 4 is 5.91 Å². The zero-order valence-electron chi connectivity index (χ0n) is 14.6. The Morgan fingerprint density at radius 3 is 3.16 bits per heavy atom. The van der Waals surface area contributed by atoms with Crippen molar-refractivity contribution in [3.05, 3.63) is 41.5 Å². The fourth-order valence-corrected chi connectivity index (χ4v) is 3.75. The molecule has 2 aromatic rings. The van der Waals surface area contributed by atoms with E-state index in [1.165, 1.54) is 0 Å². The molecule has 0 saturated heterocycles. The summed E-state index contributed by atoms with van der Waals surface area (Å²) in [7, 11) is 1.63. The highest BCUT2D eigenvalue weighted by atomic mass is 16.5. The average Bonchev–Trinajstić information content (AvgIpc) is 3.00. The fraction of sp³-hybridized carbons (Fsp3) is 0.474. The van der Waals surface area contributed by atoms with Gasteiger partial charge in [-0.05, 0) is 31.4 Å². The molecule has 1 aromatic heterocycles. The lowest BCUT2D eigenvalue weighted by molar-refractivity contribution is -0.127. The molecule has 0 fully saturated rings. The molecule has 1 aromatic carbocycles. The molecule has 0 bridgehead atoms. The SMILES string of the molecule is COc1cccc2c1OC[C@@H](C(=O)N[C@@H]1CCc3nc(C)cn3C1)C2. The van der Waals surface area contributed by atoms with Crippen LogP contribution in [0.4, 0.5) is 0 Å². The summed E-state index contributed by atoms with van der Waals surface area (Å²) in [6.45, 7) is 3.19. The van der Waals surface area contributed by atoms with Gasteiger partial charge in [-0.2, -0.15) is 0 Å². The molecule has 0 radical (unpaired) electrons. The number of carbonyl (C=O) groups is 1. The minimum atomic E-state index is -0.162. The Balaban J connectivity index is 1.41. The molecular weight excluding hydrogens is 318 g/mol. The van der Waals surface area contributed by atoms with Gasteiger partial charge in [0.1, 0.15) is 12.4 Å². The van der Waals surface area contributed by atoms with Crippen LogP contribution in [0.1, 0.15) is 23.5 Å². The lowest BCUT2D eigenvalue weighted by Crippen LogP contribution is -2.46. The van der Waals surface area contributed by atoms with Crippen LogP contribution in [-0.2, 0) is 24.2 Å². The predicted octanol–water partition coefficient (Wildman–Crippen LogP) is 1.88. The molecule has 0 unspecified atom stereocenters. The number of imidazole rings is 1. The molecule has 1 amide bonds. The van der Waals surface area contributed by atoms with Gasteiger partial charge in [0.25, 0.3) is 0 Å². The first-order valence-corrected chi connectivity index (χ1v) is 8.75. The van der Waals surface area contributed by atoms with Gasteiger partial charge in [-0.3, -0.25) is 4.79 Å². The van der Waals surface area contributed by atoms with Crippen molar-refractivity contribution in [3.63, 3.8) is 0 Å². The van der Waals surface area contributed by atoms with Crippen LogP contribution >= 0.6 is 0 Å². The third kappa shape index (κ3) is 3.08. The van der Waals surface area contributed by atoms with Crippen LogP contribution in [0, 0.1) is 12.8 Å². The molecule has 0 spiro atoms. The monoisotopic (exact) mass is 341 g/mol. The van der Waals surface area contributed by atoms with Crippen molar-refractivity contribution in [2.45, 2.75) is 38.8 Å². The molecule has 1 N–H and O–H groups in total. The van der Waals surface area contributed by atoms with Crippen molar-refractivity contribution in [1.29, 1.82) is 0 Å². The highest BCUT2D eigenvalue weighted by molar-refractivity contribution is 5.80. The Hall–Kier alpha value is -2.50. The Labute approximate surface area is 147 Å². The van der Waals surface area contributed by atoms with Crippen LogP contribution in [0.25, 0.3) is 0 Å². The third-order valence-electron chi connectivity index (χ3n) is 5.01. The van der Waals surface area contributed by atoms with Crippen molar-refractivity contribution in [2.24, 2.45) is 5.92 Å². The minimum Gasteiger partial charge on any atom is -0.493 e. The number of nitrogens with one attached hydrogen (secondary N) is 1. The summed E-state index contributed by atoms with van der Waals surface area (Å²) in [4.78, 5) is 17.2. The highest BCUT2D eigenvalue weighted by Crippen LogP contribution is 2.36. The summed E-state index contributed by atoms with van der Waals surface area (Å²) in [6, 6.07) is 5.97. The lowest BCUT2D eigenvalue weighted by atomic mass is 9.95. The Bertz CT molecular complexity index is 799. The topological polar surface area (TPSA) is 65.4 Å². The number of nitrogens with zero attached hydrogens (tertiary/aromatic N) is 2. The van der Waals surface area contributed by atoms with E-state index in [9.17, 15) is 4.79 Å². The molecule has 132 valence electrons. The second kappa shape index (κ2) is 6.43. The van der Waals surface area contributed by atoms with Crippen LogP contribution in [0.2, 0.25) is 0 Å². The van der Waals surface area contributed by atoms with Crippen molar-refractivity contribution in [3.8, 4) is 11.5 Å². The molecule has 2 aliphatic heterocycles. The number of carbonyl (C=O) groups excluding carboxylic acids is 1. The van der Waals surface area contributed by atoms with E-state index >= 15 is 0 Å². The van der Waals surface area contributed by atoms with E-state index in [1.54, 1.807) is 7.11 Å². The molecule has 6 nitrogen and oxygen atoms in total. The van der Waals surface area contributed by atoms with Crippen molar-refractivity contribution < 1.29 is 14.3 Å². The van der Waals surface area contributed by atoms with Gasteiger partial charge in [0.05, 0.1) is 18.7 Å². The molecule has 2 aliphatic rings. The average molecular weight is 341 g/mol. The van der Waals surface area contributed by atoms with E-state index in [-0.39, 0.29) is 17.9 Å². The maximum absolute atomic E-state index is 12.7. The first-order chi connectivity index (χ1) is 12.1. The number of benzene rings is 1. The first kappa shape index (κ1) is 16.0. The Morgan fingerprint density at radius 1 is 1.44 bits per heavy atom. The van der Waals surface area contributed by atoms with Crippen LogP contribution in [0.15, 0.2) is 24.4 Å². The smallest absolute Gasteiger partial charge is 0.227 e. The quantitative estimate of drug-likeness (QED) is 0.926. The van der Waals surface area contributed by atoms with Gasteiger partial charge in [0.2, 0.25) is 5.91 Å². The van der Waals surface area contributed by atoms with E-state index in [2.05, 4.69) is 21.1 Å². The van der Waals surface area contributed by atoms with Gasteiger partial charge in [0.15, 0.2) is 11.5 Å². The maximum atomic E-state index is 12.7. The number of ether oxygens (including phenoxy) is 2. The van der Waals surface area contributed by atoms with Crippen molar-refractivity contribution in [1.82, 2.24) is 14.9 Å². The van der Waals surface area contributed by atoms with E-state index < -0.39 is 0 Å². The third-order valence-corrected chi connectivity index (χ3v) is 5.01. The summed E-state index contributed by atoms with van der Waals surface area (Å²) in [5, 5.41) is 3.20. The molecular formula is C19H23N3O3. The van der Waals surface area contributed by atoms with E-state index in [0.717, 1.165) is 48.0 Å². The van der Waals surface area contributed by atoms with Gasteiger partial charge >= 0.3 is 0 Å². The summed E-state index contributed by atoms with van der Waals surface area (Å²) in [5.74, 6) is 2.52. The highest BCUT2D eigenvalue weighted by Gasteiger charge is 2.30.